The fourth-order valence-electron chi connectivity index (χ4n) is 2.25. The van der Waals surface area contributed by atoms with Crippen molar-refractivity contribution in [3.63, 3.8) is 0 Å². The van der Waals surface area contributed by atoms with Gasteiger partial charge in [0.15, 0.2) is 0 Å². The van der Waals surface area contributed by atoms with Crippen molar-refractivity contribution in [1.29, 1.82) is 0 Å². The molecule has 0 radical (unpaired) electrons. The lowest BCUT2D eigenvalue weighted by Crippen LogP contribution is -2.36. The number of carbonyl (C=O) groups excluding carboxylic acids is 1. The molecule has 110 valence electrons. The average Bonchev–Trinajstić information content (AvgIpc) is 2.42. The molecule has 1 fully saturated rings. The Bertz CT molecular complexity index is 494. The van der Waals surface area contributed by atoms with Gasteiger partial charge in [-0.3, -0.25) is 4.79 Å². The molecule has 1 aliphatic rings. The monoisotopic (exact) mass is 277 g/mol. The maximum absolute atomic E-state index is 11.8. The smallest absolute Gasteiger partial charge is 0.226 e. The van der Waals surface area contributed by atoms with E-state index < -0.39 is 0 Å². The highest BCUT2D eigenvalue weighted by Gasteiger charge is 2.16. The van der Waals surface area contributed by atoms with E-state index >= 15 is 0 Å². The molecule has 5 nitrogen and oxygen atoms in total. The van der Waals surface area contributed by atoms with Crippen LogP contribution < -0.4 is 16.0 Å². The van der Waals surface area contributed by atoms with Gasteiger partial charge in [-0.2, -0.15) is 0 Å². The summed E-state index contributed by atoms with van der Waals surface area (Å²) in [6, 6.07) is 3.89. The summed E-state index contributed by atoms with van der Waals surface area (Å²) in [6.45, 7) is 8.96. The lowest BCUT2D eigenvalue weighted by molar-refractivity contribution is -0.118. The quantitative estimate of drug-likeness (QED) is 0.829. The molecular weight excluding hydrogens is 254 g/mol. The number of nitrogens with one attached hydrogen (secondary N) is 1. The van der Waals surface area contributed by atoms with Crippen molar-refractivity contribution >= 4 is 23.0 Å². The molecule has 2 rings (SSSR count). The van der Waals surface area contributed by atoms with Crippen molar-refractivity contribution in [3.05, 3.63) is 17.7 Å². The van der Waals surface area contributed by atoms with E-state index in [1.54, 1.807) is 0 Å². The molecule has 1 saturated heterocycles. The van der Waals surface area contributed by atoms with Crippen LogP contribution in [0.3, 0.4) is 0 Å². The second-order valence-corrected chi connectivity index (χ2v) is 5.47. The lowest BCUT2D eigenvalue weighted by atomic mass is 10.1. The van der Waals surface area contributed by atoms with Crippen LogP contribution in [0.4, 0.5) is 17.1 Å². The summed E-state index contributed by atoms with van der Waals surface area (Å²) in [5, 5.41) is 2.89. The van der Waals surface area contributed by atoms with Crippen molar-refractivity contribution in [2.45, 2.75) is 20.8 Å². The van der Waals surface area contributed by atoms with E-state index in [0.717, 1.165) is 37.6 Å². The Labute approximate surface area is 120 Å². The molecule has 0 spiro atoms. The SMILES string of the molecule is Cc1cc(N)c(NC(=O)C(C)C)cc1N1CCOCC1. The summed E-state index contributed by atoms with van der Waals surface area (Å²) >= 11 is 0. The fraction of sp³-hybridized carbons (Fsp3) is 0.533. The van der Waals surface area contributed by atoms with E-state index in [1.165, 1.54) is 0 Å². The number of rotatable bonds is 3. The number of amides is 1. The Morgan fingerprint density at radius 1 is 1.35 bits per heavy atom. The van der Waals surface area contributed by atoms with Gasteiger partial charge < -0.3 is 20.7 Å². The fourth-order valence-corrected chi connectivity index (χ4v) is 2.25. The van der Waals surface area contributed by atoms with Crippen LogP contribution in [0.25, 0.3) is 0 Å². The number of benzene rings is 1. The number of morpholine rings is 1. The van der Waals surface area contributed by atoms with Gasteiger partial charge in [0.05, 0.1) is 24.6 Å². The zero-order chi connectivity index (χ0) is 14.7. The number of aryl methyl sites for hydroxylation is 1. The van der Waals surface area contributed by atoms with Gasteiger partial charge in [-0.05, 0) is 24.6 Å². The Hall–Kier alpha value is -1.75. The normalized spacial score (nSPS) is 15.5. The maximum Gasteiger partial charge on any atom is 0.226 e. The molecule has 1 aliphatic heterocycles. The van der Waals surface area contributed by atoms with E-state index in [4.69, 9.17) is 10.5 Å². The van der Waals surface area contributed by atoms with Gasteiger partial charge in [0, 0.05) is 24.7 Å². The van der Waals surface area contributed by atoms with Crippen LogP contribution in [0.2, 0.25) is 0 Å². The van der Waals surface area contributed by atoms with Gasteiger partial charge in [0.2, 0.25) is 5.91 Å². The summed E-state index contributed by atoms with van der Waals surface area (Å²) in [5.41, 5.74) is 9.54. The van der Waals surface area contributed by atoms with E-state index in [2.05, 4.69) is 10.2 Å². The summed E-state index contributed by atoms with van der Waals surface area (Å²) in [5.74, 6) is -0.0870. The van der Waals surface area contributed by atoms with Gasteiger partial charge in [-0.15, -0.1) is 0 Å². The van der Waals surface area contributed by atoms with Crippen molar-refractivity contribution in [2.75, 3.05) is 42.3 Å². The minimum absolute atomic E-state index is 0.0199. The Morgan fingerprint density at radius 2 is 2.00 bits per heavy atom. The topological polar surface area (TPSA) is 67.6 Å². The molecule has 1 amide bonds. The Balaban J connectivity index is 2.26. The molecule has 0 bridgehead atoms. The van der Waals surface area contributed by atoms with Crippen molar-refractivity contribution < 1.29 is 9.53 Å². The minimum atomic E-state index is -0.0671. The van der Waals surface area contributed by atoms with Crippen LogP contribution in [0.15, 0.2) is 12.1 Å². The largest absolute Gasteiger partial charge is 0.397 e. The molecule has 0 aromatic heterocycles. The van der Waals surface area contributed by atoms with Crippen molar-refractivity contribution in [1.82, 2.24) is 0 Å². The Kier molecular flexibility index (Phi) is 4.49. The first-order chi connectivity index (χ1) is 9.49. The zero-order valence-corrected chi connectivity index (χ0v) is 12.4. The van der Waals surface area contributed by atoms with E-state index in [-0.39, 0.29) is 11.8 Å². The number of nitrogens with zero attached hydrogens (tertiary/aromatic N) is 1. The number of nitrogens with two attached hydrogens (primary N) is 1. The van der Waals surface area contributed by atoms with Crippen LogP contribution in [-0.2, 0) is 9.53 Å². The third kappa shape index (κ3) is 3.22. The van der Waals surface area contributed by atoms with Gasteiger partial charge in [0.25, 0.3) is 0 Å². The summed E-state index contributed by atoms with van der Waals surface area (Å²) < 4.78 is 5.37. The number of ether oxygens (including phenoxy) is 1. The number of hydrogen-bond donors (Lipinski definition) is 2. The molecule has 0 saturated carbocycles. The first kappa shape index (κ1) is 14.7. The number of anilines is 3. The van der Waals surface area contributed by atoms with Crippen LogP contribution in [0.5, 0.6) is 0 Å². The third-order valence-electron chi connectivity index (χ3n) is 3.50. The van der Waals surface area contributed by atoms with Crippen LogP contribution >= 0.6 is 0 Å². The second-order valence-electron chi connectivity index (χ2n) is 5.47. The van der Waals surface area contributed by atoms with Crippen molar-refractivity contribution in [3.8, 4) is 0 Å². The van der Waals surface area contributed by atoms with Crippen LogP contribution in [0.1, 0.15) is 19.4 Å². The van der Waals surface area contributed by atoms with Crippen molar-refractivity contribution in [2.24, 2.45) is 5.92 Å². The first-order valence-electron chi connectivity index (χ1n) is 7.02. The lowest BCUT2D eigenvalue weighted by Gasteiger charge is -2.31. The van der Waals surface area contributed by atoms with Gasteiger partial charge in [-0.1, -0.05) is 13.8 Å². The van der Waals surface area contributed by atoms with E-state index in [0.29, 0.717) is 11.4 Å². The molecular formula is C15H23N3O2. The molecule has 0 aliphatic carbocycles. The first-order valence-corrected chi connectivity index (χ1v) is 7.02. The summed E-state index contributed by atoms with van der Waals surface area (Å²) in [7, 11) is 0. The molecule has 1 aromatic rings. The van der Waals surface area contributed by atoms with Gasteiger partial charge in [-0.25, -0.2) is 0 Å². The summed E-state index contributed by atoms with van der Waals surface area (Å²) in [6.07, 6.45) is 0. The zero-order valence-electron chi connectivity index (χ0n) is 12.4. The van der Waals surface area contributed by atoms with E-state index in [1.807, 2.05) is 32.9 Å². The third-order valence-corrected chi connectivity index (χ3v) is 3.50. The van der Waals surface area contributed by atoms with Gasteiger partial charge >= 0.3 is 0 Å². The number of carbonyl (C=O) groups is 1. The van der Waals surface area contributed by atoms with Crippen LogP contribution in [-0.4, -0.2) is 32.2 Å². The highest BCUT2D eigenvalue weighted by Crippen LogP contribution is 2.30. The Morgan fingerprint density at radius 3 is 2.60 bits per heavy atom. The molecule has 20 heavy (non-hydrogen) atoms. The van der Waals surface area contributed by atoms with E-state index in [9.17, 15) is 4.79 Å². The standard InChI is InChI=1S/C15H23N3O2/c1-10(2)15(19)17-13-9-14(11(3)8-12(13)16)18-4-6-20-7-5-18/h8-10H,4-7,16H2,1-3H3,(H,17,19). The minimum Gasteiger partial charge on any atom is -0.397 e. The maximum atomic E-state index is 11.8. The second kappa shape index (κ2) is 6.13. The van der Waals surface area contributed by atoms with Gasteiger partial charge in [0.1, 0.15) is 0 Å². The molecule has 1 heterocycles. The highest BCUT2D eigenvalue weighted by atomic mass is 16.5. The van der Waals surface area contributed by atoms with Crippen LogP contribution in [0, 0.1) is 12.8 Å². The summed E-state index contributed by atoms with van der Waals surface area (Å²) in [4.78, 5) is 14.1. The number of hydrogen-bond acceptors (Lipinski definition) is 4. The predicted octanol–water partition coefficient (Wildman–Crippen LogP) is 2.01. The highest BCUT2D eigenvalue weighted by molar-refractivity contribution is 5.96. The molecule has 0 unspecified atom stereocenters. The average molecular weight is 277 g/mol. The number of nitrogen functional groups attached to an aromatic ring is 1. The molecule has 0 atom stereocenters. The molecule has 3 N–H and O–H groups in total. The molecule has 5 heteroatoms. The molecule has 1 aromatic carbocycles. The predicted molar refractivity (Wildman–Crippen MR) is 82.1 cm³/mol.